The van der Waals surface area contributed by atoms with Crippen molar-refractivity contribution in [3.8, 4) is 0 Å². The zero-order valence-electron chi connectivity index (χ0n) is 9.79. The highest BCUT2D eigenvalue weighted by Crippen LogP contribution is 2.20. The fraction of sp³-hybridized carbons (Fsp3) is 0.0714. The molecule has 2 rings (SSSR count). The van der Waals surface area contributed by atoms with Crippen LogP contribution in [0.2, 0.25) is 10.0 Å². The lowest BCUT2D eigenvalue weighted by Gasteiger charge is -2.07. The topological polar surface area (TPSA) is 29.1 Å². The van der Waals surface area contributed by atoms with Gasteiger partial charge in [-0.25, -0.2) is 4.39 Å². The van der Waals surface area contributed by atoms with E-state index in [1.165, 1.54) is 18.2 Å². The average Bonchev–Trinajstić information content (AvgIpc) is 2.37. The van der Waals surface area contributed by atoms with Gasteiger partial charge in [-0.15, -0.1) is 0 Å². The quantitative estimate of drug-likeness (QED) is 0.898. The number of rotatable bonds is 3. The summed E-state index contributed by atoms with van der Waals surface area (Å²) in [4.78, 5) is 11.8. The number of benzene rings is 2. The molecule has 0 aromatic heterocycles. The van der Waals surface area contributed by atoms with Gasteiger partial charge in [0.2, 0.25) is 5.91 Å². The van der Waals surface area contributed by atoms with Crippen LogP contribution >= 0.6 is 23.2 Å². The predicted molar refractivity (Wildman–Crippen MR) is 75.2 cm³/mol. The standard InChI is InChI=1S/C14H10Cl2FNO/c15-10-5-6-12(17)13(8-10)18-14(19)7-9-3-1-2-4-11(9)16/h1-6,8H,7H2,(H,18,19). The molecule has 0 fully saturated rings. The van der Waals surface area contributed by atoms with Gasteiger partial charge in [0, 0.05) is 10.0 Å². The molecule has 0 aliphatic carbocycles. The van der Waals surface area contributed by atoms with Crippen LogP contribution in [-0.4, -0.2) is 5.91 Å². The molecule has 0 heterocycles. The molecule has 0 aliphatic rings. The van der Waals surface area contributed by atoms with Crippen LogP contribution < -0.4 is 5.32 Å². The summed E-state index contributed by atoms with van der Waals surface area (Å²) in [6.45, 7) is 0. The molecule has 0 saturated carbocycles. The van der Waals surface area contributed by atoms with Gasteiger partial charge in [0.05, 0.1) is 12.1 Å². The lowest BCUT2D eigenvalue weighted by atomic mass is 10.1. The first-order chi connectivity index (χ1) is 9.06. The SMILES string of the molecule is O=C(Cc1ccccc1Cl)Nc1cc(Cl)ccc1F. The largest absolute Gasteiger partial charge is 0.323 e. The van der Waals surface area contributed by atoms with Gasteiger partial charge in [0.15, 0.2) is 0 Å². The van der Waals surface area contributed by atoms with E-state index in [0.29, 0.717) is 15.6 Å². The fourth-order valence-corrected chi connectivity index (χ4v) is 1.98. The Balaban J connectivity index is 2.10. The predicted octanol–water partition coefficient (Wildman–Crippen LogP) is 4.31. The normalized spacial score (nSPS) is 10.3. The Labute approximate surface area is 120 Å². The van der Waals surface area contributed by atoms with E-state index >= 15 is 0 Å². The summed E-state index contributed by atoms with van der Waals surface area (Å²) in [5, 5.41) is 3.33. The van der Waals surface area contributed by atoms with Crippen molar-refractivity contribution >= 4 is 34.8 Å². The number of amides is 1. The molecule has 0 saturated heterocycles. The van der Waals surface area contributed by atoms with E-state index in [4.69, 9.17) is 23.2 Å². The summed E-state index contributed by atoms with van der Waals surface area (Å²) < 4.78 is 13.4. The van der Waals surface area contributed by atoms with E-state index in [2.05, 4.69) is 5.32 Å². The van der Waals surface area contributed by atoms with Gasteiger partial charge in [-0.1, -0.05) is 41.4 Å². The monoisotopic (exact) mass is 297 g/mol. The number of nitrogens with one attached hydrogen (secondary N) is 1. The van der Waals surface area contributed by atoms with Crippen LogP contribution in [0.1, 0.15) is 5.56 Å². The molecule has 0 bridgehead atoms. The highest BCUT2D eigenvalue weighted by Gasteiger charge is 2.10. The Bertz CT molecular complexity index is 616. The average molecular weight is 298 g/mol. The van der Waals surface area contributed by atoms with Crippen LogP contribution in [0.4, 0.5) is 10.1 Å². The van der Waals surface area contributed by atoms with Crippen molar-refractivity contribution < 1.29 is 9.18 Å². The summed E-state index contributed by atoms with van der Waals surface area (Å²) >= 11 is 11.7. The lowest BCUT2D eigenvalue weighted by molar-refractivity contribution is -0.115. The maximum atomic E-state index is 13.4. The molecule has 2 aromatic carbocycles. The molecular formula is C14H10Cl2FNO. The van der Waals surface area contributed by atoms with E-state index < -0.39 is 5.82 Å². The van der Waals surface area contributed by atoms with E-state index in [-0.39, 0.29) is 18.0 Å². The highest BCUT2D eigenvalue weighted by atomic mass is 35.5. The highest BCUT2D eigenvalue weighted by molar-refractivity contribution is 6.31. The smallest absolute Gasteiger partial charge is 0.228 e. The van der Waals surface area contributed by atoms with Crippen LogP contribution in [0, 0.1) is 5.82 Å². The Morgan fingerprint density at radius 3 is 2.63 bits per heavy atom. The Morgan fingerprint density at radius 2 is 1.89 bits per heavy atom. The zero-order valence-corrected chi connectivity index (χ0v) is 11.3. The minimum Gasteiger partial charge on any atom is -0.323 e. The molecule has 2 nitrogen and oxygen atoms in total. The number of hydrogen-bond acceptors (Lipinski definition) is 1. The second kappa shape index (κ2) is 6.04. The van der Waals surface area contributed by atoms with E-state index in [1.54, 1.807) is 24.3 Å². The summed E-state index contributed by atoms with van der Waals surface area (Å²) in [6.07, 6.45) is 0.0750. The molecule has 0 atom stereocenters. The second-order valence-corrected chi connectivity index (χ2v) is 4.78. The zero-order chi connectivity index (χ0) is 13.8. The first-order valence-corrected chi connectivity index (χ1v) is 6.30. The molecular weight excluding hydrogens is 288 g/mol. The third-order valence-electron chi connectivity index (χ3n) is 2.51. The third kappa shape index (κ3) is 3.69. The third-order valence-corrected chi connectivity index (χ3v) is 3.12. The summed E-state index contributed by atoms with van der Waals surface area (Å²) in [5.41, 5.74) is 0.744. The van der Waals surface area contributed by atoms with Crippen LogP contribution in [0.3, 0.4) is 0 Å². The van der Waals surface area contributed by atoms with Gasteiger partial charge in [-0.2, -0.15) is 0 Å². The number of carbonyl (C=O) groups excluding carboxylic acids is 1. The second-order valence-electron chi connectivity index (χ2n) is 3.94. The van der Waals surface area contributed by atoms with Crippen molar-refractivity contribution in [1.82, 2.24) is 0 Å². The molecule has 0 unspecified atom stereocenters. The summed E-state index contributed by atoms with van der Waals surface area (Å²) in [6, 6.07) is 11.0. The first kappa shape index (κ1) is 13.8. The van der Waals surface area contributed by atoms with Crippen LogP contribution in [0.15, 0.2) is 42.5 Å². The molecule has 98 valence electrons. The molecule has 0 aliphatic heterocycles. The summed E-state index contributed by atoms with van der Waals surface area (Å²) in [7, 11) is 0. The van der Waals surface area contributed by atoms with Gasteiger partial charge >= 0.3 is 0 Å². The molecule has 2 aromatic rings. The Kier molecular flexibility index (Phi) is 4.40. The van der Waals surface area contributed by atoms with Gasteiger partial charge in [0.25, 0.3) is 0 Å². The fourth-order valence-electron chi connectivity index (χ4n) is 1.60. The van der Waals surface area contributed by atoms with E-state index in [9.17, 15) is 9.18 Å². The van der Waals surface area contributed by atoms with Crippen molar-refractivity contribution in [3.63, 3.8) is 0 Å². The molecule has 1 N–H and O–H groups in total. The van der Waals surface area contributed by atoms with Crippen LogP contribution in [0.5, 0.6) is 0 Å². The number of halogens is 3. The Morgan fingerprint density at radius 1 is 1.16 bits per heavy atom. The molecule has 0 radical (unpaired) electrons. The van der Waals surface area contributed by atoms with E-state index in [0.717, 1.165) is 0 Å². The van der Waals surface area contributed by atoms with Crippen molar-refractivity contribution in [1.29, 1.82) is 0 Å². The number of carbonyl (C=O) groups is 1. The molecule has 5 heteroatoms. The van der Waals surface area contributed by atoms with Crippen molar-refractivity contribution in [3.05, 3.63) is 63.9 Å². The Hall–Kier alpha value is -1.58. The van der Waals surface area contributed by atoms with Crippen molar-refractivity contribution in [2.24, 2.45) is 0 Å². The van der Waals surface area contributed by atoms with Gasteiger partial charge in [0.1, 0.15) is 5.82 Å². The molecule has 0 spiro atoms. The minimum absolute atomic E-state index is 0.0598. The lowest BCUT2D eigenvalue weighted by Crippen LogP contribution is -2.15. The maximum Gasteiger partial charge on any atom is 0.228 e. The van der Waals surface area contributed by atoms with Crippen LogP contribution in [0.25, 0.3) is 0 Å². The van der Waals surface area contributed by atoms with Crippen molar-refractivity contribution in [2.75, 3.05) is 5.32 Å². The van der Waals surface area contributed by atoms with Gasteiger partial charge < -0.3 is 5.32 Å². The van der Waals surface area contributed by atoms with Crippen molar-refractivity contribution in [2.45, 2.75) is 6.42 Å². The van der Waals surface area contributed by atoms with Gasteiger partial charge in [-0.3, -0.25) is 4.79 Å². The number of hydrogen-bond donors (Lipinski definition) is 1. The van der Waals surface area contributed by atoms with Gasteiger partial charge in [-0.05, 0) is 29.8 Å². The minimum atomic E-state index is -0.531. The summed E-state index contributed by atoms with van der Waals surface area (Å²) in [5.74, 6) is -0.883. The maximum absolute atomic E-state index is 13.4. The number of anilines is 1. The van der Waals surface area contributed by atoms with E-state index in [1.807, 2.05) is 0 Å². The van der Waals surface area contributed by atoms with Crippen LogP contribution in [-0.2, 0) is 11.2 Å². The molecule has 19 heavy (non-hydrogen) atoms. The molecule has 1 amide bonds. The first-order valence-electron chi connectivity index (χ1n) is 5.54.